The maximum absolute atomic E-state index is 13.2. The number of halogens is 2. The molecule has 0 aliphatic heterocycles. The van der Waals surface area contributed by atoms with E-state index in [0.29, 0.717) is 17.1 Å². The number of hydrogen-bond donors (Lipinski definition) is 1. The van der Waals surface area contributed by atoms with Gasteiger partial charge in [0.05, 0.1) is 17.2 Å². The summed E-state index contributed by atoms with van der Waals surface area (Å²) in [6.45, 7) is 5.76. The van der Waals surface area contributed by atoms with E-state index in [4.69, 9.17) is 0 Å². The first kappa shape index (κ1) is 14.2. The largest absolute Gasteiger partial charge is 0.310 e. The molecule has 1 aromatic heterocycles. The lowest BCUT2D eigenvalue weighted by molar-refractivity contribution is 0.596. The number of nitrogens with zero attached hydrogens (tertiary/aromatic N) is 2. The topological polar surface area (TPSA) is 29.9 Å². The molecule has 2 rings (SSSR count). The van der Waals surface area contributed by atoms with Crippen molar-refractivity contribution in [1.29, 1.82) is 0 Å². The van der Waals surface area contributed by atoms with E-state index in [1.54, 1.807) is 12.1 Å². The molecule has 1 aromatic carbocycles. The number of rotatable bonds is 5. The summed E-state index contributed by atoms with van der Waals surface area (Å²) < 4.78 is 15.5. The van der Waals surface area contributed by atoms with Crippen molar-refractivity contribution in [3.63, 3.8) is 0 Å². The average molecular weight is 326 g/mol. The minimum Gasteiger partial charge on any atom is -0.310 e. The number of hydrogen-bond acceptors (Lipinski definition) is 2. The van der Waals surface area contributed by atoms with Gasteiger partial charge >= 0.3 is 0 Å². The molecule has 19 heavy (non-hydrogen) atoms. The van der Waals surface area contributed by atoms with Crippen LogP contribution in [-0.4, -0.2) is 16.3 Å². The Kier molecular flexibility index (Phi) is 4.71. The summed E-state index contributed by atoms with van der Waals surface area (Å²) in [5.41, 5.74) is 2.17. The molecule has 0 amide bonds. The summed E-state index contributed by atoms with van der Waals surface area (Å²) in [6.07, 6.45) is 3.89. The highest BCUT2D eigenvalue weighted by molar-refractivity contribution is 9.10. The quantitative estimate of drug-likeness (QED) is 0.911. The molecule has 0 fully saturated rings. The fourth-order valence-corrected chi connectivity index (χ4v) is 2.36. The highest BCUT2D eigenvalue weighted by atomic mass is 79.9. The lowest BCUT2D eigenvalue weighted by atomic mass is 10.2. The molecule has 0 aliphatic carbocycles. The Bertz CT molecular complexity index is 553. The second-order valence-electron chi connectivity index (χ2n) is 4.50. The van der Waals surface area contributed by atoms with Gasteiger partial charge in [0, 0.05) is 17.8 Å². The second-order valence-corrected chi connectivity index (χ2v) is 5.35. The third kappa shape index (κ3) is 3.64. The van der Waals surface area contributed by atoms with Crippen LogP contribution in [0.25, 0.3) is 0 Å². The Morgan fingerprint density at radius 1 is 1.47 bits per heavy atom. The molecule has 0 saturated heterocycles. The molecule has 1 N–H and O–H groups in total. The number of nitrogens with one attached hydrogen (secondary N) is 1. The number of benzene rings is 1. The molecule has 1 heterocycles. The van der Waals surface area contributed by atoms with Gasteiger partial charge in [-0.05, 0) is 47.1 Å². The summed E-state index contributed by atoms with van der Waals surface area (Å²) >= 11 is 3.19. The minimum absolute atomic E-state index is 0.245. The van der Waals surface area contributed by atoms with E-state index >= 15 is 0 Å². The lowest BCUT2D eigenvalue weighted by Gasteiger charge is -2.09. The predicted molar refractivity (Wildman–Crippen MR) is 77.5 cm³/mol. The predicted octanol–water partition coefficient (Wildman–Crippen LogP) is 3.50. The van der Waals surface area contributed by atoms with E-state index in [1.807, 2.05) is 17.1 Å². The summed E-state index contributed by atoms with van der Waals surface area (Å²) in [7, 11) is 0. The monoisotopic (exact) mass is 325 g/mol. The van der Waals surface area contributed by atoms with Crippen LogP contribution in [-0.2, 0) is 6.54 Å². The Morgan fingerprint density at radius 2 is 2.26 bits per heavy atom. The van der Waals surface area contributed by atoms with Crippen LogP contribution in [0.2, 0.25) is 0 Å². The van der Waals surface area contributed by atoms with E-state index in [-0.39, 0.29) is 5.82 Å². The van der Waals surface area contributed by atoms with Crippen LogP contribution in [0.15, 0.2) is 35.1 Å². The van der Waals surface area contributed by atoms with Gasteiger partial charge < -0.3 is 5.32 Å². The molecule has 5 heteroatoms. The standard InChI is InChI=1S/C14H17BrFN3/c1-3-17-10(2)12-7-18-19(9-12)8-11-4-5-14(16)13(15)6-11/h4-7,9-10,17H,3,8H2,1-2H3. The van der Waals surface area contributed by atoms with Crippen molar-refractivity contribution in [3.8, 4) is 0 Å². The third-order valence-corrected chi connectivity index (χ3v) is 3.60. The highest BCUT2D eigenvalue weighted by Crippen LogP contribution is 2.18. The molecule has 1 atom stereocenters. The first-order valence-corrected chi connectivity index (χ1v) is 7.09. The highest BCUT2D eigenvalue weighted by Gasteiger charge is 2.07. The van der Waals surface area contributed by atoms with Crippen LogP contribution < -0.4 is 5.32 Å². The average Bonchev–Trinajstić information content (AvgIpc) is 2.83. The molecule has 0 aliphatic rings. The fourth-order valence-electron chi connectivity index (χ4n) is 1.94. The van der Waals surface area contributed by atoms with Gasteiger partial charge in [-0.3, -0.25) is 4.68 Å². The van der Waals surface area contributed by atoms with E-state index in [1.165, 1.54) is 6.07 Å². The Morgan fingerprint density at radius 3 is 2.95 bits per heavy atom. The van der Waals surface area contributed by atoms with Crippen LogP contribution in [0.4, 0.5) is 4.39 Å². The van der Waals surface area contributed by atoms with E-state index in [2.05, 4.69) is 40.2 Å². The Balaban J connectivity index is 2.09. The van der Waals surface area contributed by atoms with Crippen molar-refractivity contribution in [2.24, 2.45) is 0 Å². The molecule has 102 valence electrons. The molecule has 0 bridgehead atoms. The Hall–Kier alpha value is -1.20. The van der Waals surface area contributed by atoms with Gasteiger partial charge in [-0.25, -0.2) is 4.39 Å². The van der Waals surface area contributed by atoms with Gasteiger partial charge in [0.2, 0.25) is 0 Å². The second kappa shape index (κ2) is 6.30. The normalized spacial score (nSPS) is 12.6. The van der Waals surface area contributed by atoms with Crippen molar-refractivity contribution >= 4 is 15.9 Å². The molecular formula is C14H17BrFN3. The maximum Gasteiger partial charge on any atom is 0.137 e. The zero-order chi connectivity index (χ0) is 13.8. The smallest absolute Gasteiger partial charge is 0.137 e. The van der Waals surface area contributed by atoms with Crippen molar-refractivity contribution in [1.82, 2.24) is 15.1 Å². The minimum atomic E-state index is -0.245. The molecule has 0 spiro atoms. The van der Waals surface area contributed by atoms with Crippen molar-refractivity contribution in [2.45, 2.75) is 26.4 Å². The van der Waals surface area contributed by atoms with Crippen molar-refractivity contribution in [3.05, 3.63) is 52.0 Å². The van der Waals surface area contributed by atoms with Crippen LogP contribution in [0.1, 0.15) is 31.0 Å². The first-order valence-electron chi connectivity index (χ1n) is 6.29. The molecule has 3 nitrogen and oxygen atoms in total. The van der Waals surface area contributed by atoms with Gasteiger partial charge in [-0.15, -0.1) is 0 Å². The van der Waals surface area contributed by atoms with Crippen LogP contribution in [0.5, 0.6) is 0 Å². The fraction of sp³-hybridized carbons (Fsp3) is 0.357. The molecular weight excluding hydrogens is 309 g/mol. The van der Waals surface area contributed by atoms with Gasteiger partial charge in [0.25, 0.3) is 0 Å². The first-order chi connectivity index (χ1) is 9.10. The van der Waals surface area contributed by atoms with Gasteiger partial charge in [-0.2, -0.15) is 5.10 Å². The van der Waals surface area contributed by atoms with Crippen LogP contribution >= 0.6 is 15.9 Å². The van der Waals surface area contributed by atoms with Gasteiger partial charge in [0.15, 0.2) is 0 Å². The van der Waals surface area contributed by atoms with Crippen LogP contribution in [0, 0.1) is 5.82 Å². The molecule has 0 radical (unpaired) electrons. The van der Waals surface area contributed by atoms with Crippen molar-refractivity contribution in [2.75, 3.05) is 6.54 Å². The lowest BCUT2D eigenvalue weighted by Crippen LogP contribution is -2.17. The van der Waals surface area contributed by atoms with Gasteiger partial charge in [-0.1, -0.05) is 13.0 Å². The zero-order valence-corrected chi connectivity index (χ0v) is 12.6. The SMILES string of the molecule is CCNC(C)c1cnn(Cc2ccc(F)c(Br)c2)c1. The Labute approximate surface area is 121 Å². The van der Waals surface area contributed by atoms with E-state index < -0.39 is 0 Å². The summed E-state index contributed by atoms with van der Waals surface area (Å²) in [5, 5.41) is 7.68. The summed E-state index contributed by atoms with van der Waals surface area (Å²) in [4.78, 5) is 0. The maximum atomic E-state index is 13.2. The summed E-state index contributed by atoms with van der Waals surface area (Å²) in [5.74, 6) is -0.245. The summed E-state index contributed by atoms with van der Waals surface area (Å²) in [6, 6.07) is 5.31. The van der Waals surface area contributed by atoms with Crippen molar-refractivity contribution < 1.29 is 4.39 Å². The zero-order valence-electron chi connectivity index (χ0n) is 11.0. The molecule has 1 unspecified atom stereocenters. The number of aromatic nitrogens is 2. The van der Waals surface area contributed by atoms with E-state index in [0.717, 1.165) is 17.7 Å². The van der Waals surface area contributed by atoms with Crippen LogP contribution in [0.3, 0.4) is 0 Å². The molecule has 2 aromatic rings. The third-order valence-electron chi connectivity index (χ3n) is 2.99. The molecule has 0 saturated carbocycles. The van der Waals surface area contributed by atoms with Gasteiger partial charge in [0.1, 0.15) is 5.82 Å². The van der Waals surface area contributed by atoms with E-state index in [9.17, 15) is 4.39 Å².